The Morgan fingerprint density at radius 2 is 1.39 bits per heavy atom. The molecule has 0 fully saturated rings. The van der Waals surface area contributed by atoms with Gasteiger partial charge in [-0.25, -0.2) is 0 Å². The van der Waals surface area contributed by atoms with E-state index in [4.69, 9.17) is 15.3 Å². The molecule has 0 unspecified atom stereocenters. The van der Waals surface area contributed by atoms with E-state index in [1.807, 2.05) is 43.3 Å². The van der Waals surface area contributed by atoms with Gasteiger partial charge in [-0.2, -0.15) is 10.5 Å². The van der Waals surface area contributed by atoms with Gasteiger partial charge in [-0.1, -0.05) is 17.7 Å². The van der Waals surface area contributed by atoms with Crippen LogP contribution in [0.15, 0.2) is 42.5 Å². The SMILES string of the molecule is Cc1ccc(Oc2cc(C#N)cc(C#N)c2)cc1. The summed E-state index contributed by atoms with van der Waals surface area (Å²) in [7, 11) is 0. The monoisotopic (exact) mass is 234 g/mol. The zero-order valence-electron chi connectivity index (χ0n) is 9.84. The van der Waals surface area contributed by atoms with Gasteiger partial charge in [-0.3, -0.25) is 0 Å². The van der Waals surface area contributed by atoms with E-state index in [-0.39, 0.29) is 0 Å². The number of nitrogens with zero attached hydrogens (tertiary/aromatic N) is 2. The molecule has 0 amide bonds. The summed E-state index contributed by atoms with van der Waals surface area (Å²) in [5.41, 5.74) is 1.97. The Morgan fingerprint density at radius 1 is 0.833 bits per heavy atom. The van der Waals surface area contributed by atoms with Crippen molar-refractivity contribution in [2.45, 2.75) is 6.92 Å². The highest BCUT2D eigenvalue weighted by Crippen LogP contribution is 2.23. The maximum absolute atomic E-state index is 8.87. The molecule has 3 nitrogen and oxygen atoms in total. The third-order valence-corrected chi connectivity index (χ3v) is 2.42. The molecule has 0 atom stereocenters. The van der Waals surface area contributed by atoms with Crippen LogP contribution in [0.3, 0.4) is 0 Å². The van der Waals surface area contributed by atoms with Crippen molar-refractivity contribution < 1.29 is 4.74 Å². The molecule has 86 valence electrons. The van der Waals surface area contributed by atoms with E-state index in [9.17, 15) is 0 Å². The van der Waals surface area contributed by atoms with Crippen molar-refractivity contribution in [3.63, 3.8) is 0 Å². The minimum absolute atomic E-state index is 0.413. The Kier molecular flexibility index (Phi) is 3.27. The first-order valence-electron chi connectivity index (χ1n) is 5.41. The number of benzene rings is 2. The topological polar surface area (TPSA) is 56.8 Å². The second-order valence-corrected chi connectivity index (χ2v) is 3.88. The fraction of sp³-hybridized carbons (Fsp3) is 0.0667. The molecule has 2 aromatic rings. The molecule has 18 heavy (non-hydrogen) atoms. The van der Waals surface area contributed by atoms with Crippen molar-refractivity contribution in [2.24, 2.45) is 0 Å². The van der Waals surface area contributed by atoms with Gasteiger partial charge in [0.2, 0.25) is 0 Å². The number of hydrogen-bond acceptors (Lipinski definition) is 3. The van der Waals surface area contributed by atoms with Crippen LogP contribution >= 0.6 is 0 Å². The largest absolute Gasteiger partial charge is 0.457 e. The van der Waals surface area contributed by atoms with Crippen LogP contribution in [-0.2, 0) is 0 Å². The summed E-state index contributed by atoms with van der Waals surface area (Å²) in [5.74, 6) is 1.18. The highest BCUT2D eigenvalue weighted by molar-refractivity contribution is 5.46. The average Bonchev–Trinajstić information content (AvgIpc) is 2.41. The van der Waals surface area contributed by atoms with Gasteiger partial charge < -0.3 is 4.74 Å². The van der Waals surface area contributed by atoms with Gasteiger partial charge in [0.25, 0.3) is 0 Å². The Balaban J connectivity index is 2.32. The van der Waals surface area contributed by atoms with Crippen molar-refractivity contribution in [3.05, 3.63) is 59.2 Å². The molecule has 0 N–H and O–H groups in total. The summed E-state index contributed by atoms with van der Waals surface area (Å²) in [6, 6.07) is 16.3. The molecule has 2 rings (SSSR count). The Hall–Kier alpha value is -2.78. The molecule has 0 bridgehead atoms. The van der Waals surface area contributed by atoms with Crippen LogP contribution in [0.5, 0.6) is 11.5 Å². The van der Waals surface area contributed by atoms with Crippen molar-refractivity contribution >= 4 is 0 Å². The molecule has 2 aromatic carbocycles. The van der Waals surface area contributed by atoms with Gasteiger partial charge in [-0.05, 0) is 37.3 Å². The Labute approximate surface area is 105 Å². The predicted octanol–water partition coefficient (Wildman–Crippen LogP) is 3.53. The fourth-order valence-corrected chi connectivity index (χ4v) is 1.53. The molecule has 0 heterocycles. The van der Waals surface area contributed by atoms with E-state index in [1.165, 1.54) is 6.07 Å². The van der Waals surface area contributed by atoms with Gasteiger partial charge in [0.05, 0.1) is 23.3 Å². The summed E-state index contributed by atoms with van der Waals surface area (Å²) in [4.78, 5) is 0. The summed E-state index contributed by atoms with van der Waals surface area (Å²) in [5, 5.41) is 17.7. The van der Waals surface area contributed by atoms with Crippen LogP contribution in [-0.4, -0.2) is 0 Å². The van der Waals surface area contributed by atoms with Crippen LogP contribution in [0.1, 0.15) is 16.7 Å². The van der Waals surface area contributed by atoms with Crippen LogP contribution < -0.4 is 4.74 Å². The van der Waals surface area contributed by atoms with E-state index < -0.39 is 0 Å². The molecule has 0 saturated heterocycles. The molecular weight excluding hydrogens is 224 g/mol. The van der Waals surface area contributed by atoms with Gasteiger partial charge in [-0.15, -0.1) is 0 Å². The number of nitriles is 2. The third-order valence-electron chi connectivity index (χ3n) is 2.42. The third kappa shape index (κ3) is 2.66. The van der Waals surface area contributed by atoms with Gasteiger partial charge >= 0.3 is 0 Å². The number of aryl methyl sites for hydroxylation is 1. The highest BCUT2D eigenvalue weighted by Gasteiger charge is 2.02. The van der Waals surface area contributed by atoms with Crippen LogP contribution in [0.4, 0.5) is 0 Å². The maximum Gasteiger partial charge on any atom is 0.130 e. The quantitative estimate of drug-likeness (QED) is 0.798. The number of hydrogen-bond donors (Lipinski definition) is 0. The van der Waals surface area contributed by atoms with E-state index in [0.717, 1.165) is 5.56 Å². The minimum atomic E-state index is 0.413. The van der Waals surface area contributed by atoms with Crippen molar-refractivity contribution in [1.29, 1.82) is 10.5 Å². The highest BCUT2D eigenvalue weighted by atomic mass is 16.5. The Morgan fingerprint density at radius 3 is 1.89 bits per heavy atom. The van der Waals surface area contributed by atoms with Crippen molar-refractivity contribution in [2.75, 3.05) is 0 Å². The standard InChI is InChI=1S/C15H10N2O/c1-11-2-4-14(5-3-11)18-15-7-12(9-16)6-13(8-15)10-17/h2-8H,1H3. The number of rotatable bonds is 2. The number of ether oxygens (including phenoxy) is 1. The smallest absolute Gasteiger partial charge is 0.130 e. The van der Waals surface area contributed by atoms with Crippen molar-refractivity contribution in [3.8, 4) is 23.6 Å². The minimum Gasteiger partial charge on any atom is -0.457 e. The van der Waals surface area contributed by atoms with Crippen LogP contribution in [0, 0.1) is 29.6 Å². The normalized spacial score (nSPS) is 9.28. The molecular formula is C15H10N2O. The molecule has 0 radical (unpaired) electrons. The zero-order chi connectivity index (χ0) is 13.0. The summed E-state index contributed by atoms with van der Waals surface area (Å²) in [6.45, 7) is 1.99. The van der Waals surface area contributed by atoms with Crippen LogP contribution in [0.25, 0.3) is 0 Å². The summed E-state index contributed by atoms with van der Waals surface area (Å²) in [6.07, 6.45) is 0. The zero-order valence-corrected chi connectivity index (χ0v) is 9.84. The van der Waals surface area contributed by atoms with Crippen LogP contribution in [0.2, 0.25) is 0 Å². The second kappa shape index (κ2) is 5.03. The van der Waals surface area contributed by atoms with Gasteiger partial charge in [0, 0.05) is 0 Å². The Bertz CT molecular complexity index is 613. The lowest BCUT2D eigenvalue weighted by molar-refractivity contribution is 0.482. The van der Waals surface area contributed by atoms with E-state index in [1.54, 1.807) is 12.1 Å². The lowest BCUT2D eigenvalue weighted by atomic mass is 10.1. The second-order valence-electron chi connectivity index (χ2n) is 3.88. The maximum atomic E-state index is 8.87. The first-order valence-corrected chi connectivity index (χ1v) is 5.41. The van der Waals surface area contributed by atoms with E-state index in [0.29, 0.717) is 22.6 Å². The molecule has 0 aliphatic heterocycles. The van der Waals surface area contributed by atoms with Gasteiger partial charge in [0.1, 0.15) is 11.5 Å². The first kappa shape index (κ1) is 11.7. The lowest BCUT2D eigenvalue weighted by Gasteiger charge is -2.06. The summed E-state index contributed by atoms with van der Waals surface area (Å²) >= 11 is 0. The molecule has 0 aliphatic rings. The molecule has 0 aliphatic carbocycles. The van der Waals surface area contributed by atoms with Crippen molar-refractivity contribution in [1.82, 2.24) is 0 Å². The predicted molar refractivity (Wildman–Crippen MR) is 67.1 cm³/mol. The first-order chi connectivity index (χ1) is 8.71. The molecule has 0 spiro atoms. The van der Waals surface area contributed by atoms with Gasteiger partial charge in [0.15, 0.2) is 0 Å². The van der Waals surface area contributed by atoms with E-state index >= 15 is 0 Å². The van der Waals surface area contributed by atoms with E-state index in [2.05, 4.69) is 0 Å². The lowest BCUT2D eigenvalue weighted by Crippen LogP contribution is -1.87. The molecule has 3 heteroatoms. The molecule has 0 saturated carbocycles. The fourth-order valence-electron chi connectivity index (χ4n) is 1.53. The summed E-state index contributed by atoms with van der Waals surface area (Å²) < 4.78 is 5.62. The molecule has 0 aromatic heterocycles. The average molecular weight is 234 g/mol.